The Labute approximate surface area is 162 Å². The van der Waals surface area contributed by atoms with Crippen LogP contribution >= 0.6 is 0 Å². The molecule has 0 unspecified atom stereocenters. The van der Waals surface area contributed by atoms with Gasteiger partial charge in [-0.05, 0) is 40.5 Å². The second kappa shape index (κ2) is 7.42. The summed E-state index contributed by atoms with van der Waals surface area (Å²) in [6, 6.07) is 20.3. The van der Waals surface area contributed by atoms with Crippen LogP contribution in [0.4, 0.5) is 17.3 Å². The third-order valence-corrected chi connectivity index (χ3v) is 4.55. The first kappa shape index (κ1) is 17.6. The van der Waals surface area contributed by atoms with Crippen molar-refractivity contribution in [3.63, 3.8) is 0 Å². The molecule has 7 nitrogen and oxygen atoms in total. The highest BCUT2D eigenvalue weighted by molar-refractivity contribution is 5.69. The van der Waals surface area contributed by atoms with E-state index in [2.05, 4.69) is 39.8 Å². The highest BCUT2D eigenvalue weighted by Gasteiger charge is 2.11. The van der Waals surface area contributed by atoms with E-state index in [0.717, 1.165) is 22.4 Å². The lowest BCUT2D eigenvalue weighted by Crippen LogP contribution is -2.13. The van der Waals surface area contributed by atoms with Crippen molar-refractivity contribution in [1.29, 1.82) is 0 Å². The Morgan fingerprint density at radius 1 is 0.929 bits per heavy atom. The fourth-order valence-corrected chi connectivity index (χ4v) is 3.16. The van der Waals surface area contributed by atoms with Crippen molar-refractivity contribution in [1.82, 2.24) is 14.8 Å². The number of anilines is 3. The number of nitrogens with two attached hydrogens (primary N) is 3. The van der Waals surface area contributed by atoms with Gasteiger partial charge in [-0.3, -0.25) is 0 Å². The van der Waals surface area contributed by atoms with Crippen LogP contribution in [0.1, 0.15) is 11.1 Å². The maximum atomic E-state index is 6.12. The number of hydrogen-bond acceptors (Lipinski definition) is 6. The monoisotopic (exact) mass is 371 g/mol. The van der Waals surface area contributed by atoms with Crippen LogP contribution in [0.15, 0.2) is 73.1 Å². The van der Waals surface area contributed by atoms with Gasteiger partial charge in [-0.15, -0.1) is 0 Å². The van der Waals surface area contributed by atoms with E-state index in [1.165, 1.54) is 5.56 Å². The highest BCUT2D eigenvalue weighted by Crippen LogP contribution is 2.26. The average molecular weight is 371 g/mol. The third kappa shape index (κ3) is 3.51. The molecule has 0 spiro atoms. The van der Waals surface area contributed by atoms with Crippen LogP contribution in [0, 0.1) is 0 Å². The molecule has 4 rings (SSSR count). The molecule has 140 valence electrons. The van der Waals surface area contributed by atoms with Crippen LogP contribution in [-0.4, -0.2) is 14.8 Å². The van der Waals surface area contributed by atoms with E-state index in [0.29, 0.717) is 23.7 Å². The maximum absolute atomic E-state index is 6.12. The first-order valence-electron chi connectivity index (χ1n) is 8.85. The SMILES string of the molecule is NNc1nc(N)cc(Cc2cnn(-c3cccc(-c4ccccc4)c3)c2)c1N. The summed E-state index contributed by atoms with van der Waals surface area (Å²) in [5.74, 6) is 6.19. The number of rotatable bonds is 5. The van der Waals surface area contributed by atoms with Crippen molar-refractivity contribution in [2.75, 3.05) is 16.9 Å². The summed E-state index contributed by atoms with van der Waals surface area (Å²) in [5, 5.41) is 4.50. The number of hydrazine groups is 1. The van der Waals surface area contributed by atoms with E-state index in [1.54, 1.807) is 6.07 Å². The molecule has 0 atom stereocenters. The number of nitrogen functional groups attached to an aromatic ring is 3. The number of hydrogen-bond donors (Lipinski definition) is 4. The molecule has 0 fully saturated rings. The summed E-state index contributed by atoms with van der Waals surface area (Å²) < 4.78 is 1.85. The number of aromatic nitrogens is 3. The summed E-state index contributed by atoms with van der Waals surface area (Å²) >= 11 is 0. The van der Waals surface area contributed by atoms with Crippen molar-refractivity contribution in [3.05, 3.63) is 84.2 Å². The maximum Gasteiger partial charge on any atom is 0.165 e. The first-order valence-corrected chi connectivity index (χ1v) is 8.85. The Kier molecular flexibility index (Phi) is 4.65. The zero-order chi connectivity index (χ0) is 19.5. The molecular formula is C21H21N7. The van der Waals surface area contributed by atoms with Crippen molar-refractivity contribution < 1.29 is 0 Å². The van der Waals surface area contributed by atoms with Crippen molar-refractivity contribution >= 4 is 17.3 Å². The molecule has 0 bridgehead atoms. The van der Waals surface area contributed by atoms with Crippen LogP contribution in [0.3, 0.4) is 0 Å². The Morgan fingerprint density at radius 2 is 1.71 bits per heavy atom. The molecule has 7 N–H and O–H groups in total. The van der Waals surface area contributed by atoms with Gasteiger partial charge in [0, 0.05) is 12.6 Å². The molecule has 7 heteroatoms. The van der Waals surface area contributed by atoms with Gasteiger partial charge in [0.05, 0.1) is 17.6 Å². The second-order valence-corrected chi connectivity index (χ2v) is 6.50. The van der Waals surface area contributed by atoms with E-state index in [4.69, 9.17) is 17.3 Å². The van der Waals surface area contributed by atoms with Gasteiger partial charge in [0.25, 0.3) is 0 Å². The largest absolute Gasteiger partial charge is 0.395 e. The minimum Gasteiger partial charge on any atom is -0.395 e. The minimum absolute atomic E-state index is 0.361. The Hall–Kier alpha value is -3.84. The van der Waals surface area contributed by atoms with Gasteiger partial charge in [0.15, 0.2) is 5.82 Å². The van der Waals surface area contributed by atoms with Gasteiger partial charge in [-0.25, -0.2) is 15.5 Å². The van der Waals surface area contributed by atoms with Gasteiger partial charge >= 0.3 is 0 Å². The lowest BCUT2D eigenvalue weighted by atomic mass is 10.1. The molecule has 0 amide bonds. The molecule has 0 aliphatic carbocycles. The highest BCUT2D eigenvalue weighted by atomic mass is 15.3. The number of benzene rings is 2. The van der Waals surface area contributed by atoms with E-state index in [1.807, 2.05) is 47.4 Å². The summed E-state index contributed by atoms with van der Waals surface area (Å²) in [6.45, 7) is 0. The van der Waals surface area contributed by atoms with Gasteiger partial charge < -0.3 is 16.9 Å². The quantitative estimate of drug-likeness (QED) is 0.316. The topological polar surface area (TPSA) is 121 Å². The molecule has 0 saturated carbocycles. The molecule has 0 aliphatic rings. The molecule has 28 heavy (non-hydrogen) atoms. The summed E-state index contributed by atoms with van der Waals surface area (Å²) in [7, 11) is 0. The molecule has 2 aromatic heterocycles. The Bertz CT molecular complexity index is 1100. The zero-order valence-electron chi connectivity index (χ0n) is 15.2. The van der Waals surface area contributed by atoms with Gasteiger partial charge in [0.1, 0.15) is 5.82 Å². The predicted molar refractivity (Wildman–Crippen MR) is 113 cm³/mol. The van der Waals surface area contributed by atoms with Crippen LogP contribution in [0.25, 0.3) is 16.8 Å². The van der Waals surface area contributed by atoms with Gasteiger partial charge in [0.2, 0.25) is 0 Å². The predicted octanol–water partition coefficient (Wildman–Crippen LogP) is 2.98. The molecular weight excluding hydrogens is 350 g/mol. The number of nitrogens with one attached hydrogen (secondary N) is 1. The summed E-state index contributed by atoms with van der Waals surface area (Å²) in [4.78, 5) is 4.08. The zero-order valence-corrected chi connectivity index (χ0v) is 15.2. The number of pyridine rings is 1. The molecule has 2 heterocycles. The molecule has 2 aromatic carbocycles. The minimum atomic E-state index is 0.361. The smallest absolute Gasteiger partial charge is 0.165 e. The van der Waals surface area contributed by atoms with E-state index in [-0.39, 0.29) is 0 Å². The van der Waals surface area contributed by atoms with E-state index in [9.17, 15) is 0 Å². The fraction of sp³-hybridized carbons (Fsp3) is 0.0476. The second-order valence-electron chi connectivity index (χ2n) is 6.50. The van der Waals surface area contributed by atoms with Gasteiger partial charge in [-0.1, -0.05) is 42.5 Å². The standard InChI is InChI=1S/C21H21N7/c22-19-11-17(20(23)21(26-19)27-24)9-14-12-25-28(13-14)18-8-4-7-16(10-18)15-5-2-1-3-6-15/h1-8,10-13H,9,23-24H2,(H3,22,26,27). The Morgan fingerprint density at radius 3 is 2.50 bits per heavy atom. The molecule has 4 aromatic rings. The van der Waals surface area contributed by atoms with Gasteiger partial charge in [-0.2, -0.15) is 5.10 Å². The molecule has 0 radical (unpaired) electrons. The first-order chi connectivity index (χ1) is 13.6. The van der Waals surface area contributed by atoms with Crippen molar-refractivity contribution in [2.45, 2.75) is 6.42 Å². The van der Waals surface area contributed by atoms with Crippen LogP contribution in [0.2, 0.25) is 0 Å². The van der Waals surface area contributed by atoms with Crippen molar-refractivity contribution in [2.24, 2.45) is 5.84 Å². The summed E-state index contributed by atoms with van der Waals surface area (Å²) in [6.07, 6.45) is 4.38. The Balaban J connectivity index is 1.62. The lowest BCUT2D eigenvalue weighted by Gasteiger charge is -2.10. The lowest BCUT2D eigenvalue weighted by molar-refractivity contribution is 0.880. The van der Waals surface area contributed by atoms with Crippen LogP contribution < -0.4 is 22.7 Å². The van der Waals surface area contributed by atoms with E-state index < -0.39 is 0 Å². The number of nitrogens with zero attached hydrogens (tertiary/aromatic N) is 3. The third-order valence-electron chi connectivity index (χ3n) is 4.55. The van der Waals surface area contributed by atoms with Crippen LogP contribution in [0.5, 0.6) is 0 Å². The normalized spacial score (nSPS) is 10.8. The van der Waals surface area contributed by atoms with E-state index >= 15 is 0 Å². The van der Waals surface area contributed by atoms with Crippen molar-refractivity contribution in [3.8, 4) is 16.8 Å². The average Bonchev–Trinajstić information content (AvgIpc) is 3.20. The molecule has 0 saturated heterocycles. The summed E-state index contributed by atoms with van der Waals surface area (Å²) in [5.41, 5.74) is 20.1. The fourth-order valence-electron chi connectivity index (χ4n) is 3.16. The molecule has 0 aliphatic heterocycles. The van der Waals surface area contributed by atoms with Crippen LogP contribution in [-0.2, 0) is 6.42 Å².